The molecule has 5 heteroatoms. The summed E-state index contributed by atoms with van der Waals surface area (Å²) >= 11 is 0. The van der Waals surface area contributed by atoms with E-state index in [0.29, 0.717) is 12.0 Å². The summed E-state index contributed by atoms with van der Waals surface area (Å²) in [5.41, 5.74) is 5.19. The Morgan fingerprint density at radius 3 is 2.93 bits per heavy atom. The summed E-state index contributed by atoms with van der Waals surface area (Å²) in [5.74, 6) is 0.363. The van der Waals surface area contributed by atoms with Crippen LogP contribution in [0, 0.1) is 0 Å². The molecule has 5 nitrogen and oxygen atoms in total. The van der Waals surface area contributed by atoms with Crippen LogP contribution in [0.1, 0.15) is 5.76 Å². The van der Waals surface area contributed by atoms with Crippen LogP contribution in [0.2, 0.25) is 0 Å². The van der Waals surface area contributed by atoms with Crippen LogP contribution in [0.4, 0.5) is 0 Å². The average Bonchev–Trinajstić information content (AvgIpc) is 2.68. The minimum absolute atomic E-state index is 0.0384. The number of nitrogens with two attached hydrogens (primary N) is 1. The molecule has 0 aliphatic rings. The predicted octanol–water partition coefficient (Wildman–Crippen LogP) is -0.234. The molecule has 2 N–H and O–H groups in total. The summed E-state index contributed by atoms with van der Waals surface area (Å²) < 4.78 is 5.05. The smallest absolute Gasteiger partial charge is 0.237 e. The first-order chi connectivity index (χ1) is 6.77. The zero-order valence-electron chi connectivity index (χ0n) is 7.68. The first-order valence-corrected chi connectivity index (χ1v) is 4.21. The monoisotopic (exact) mass is 196 g/mol. The fourth-order valence-electron chi connectivity index (χ4n) is 1.06. The minimum atomic E-state index is -0.270. The average molecular weight is 196 g/mol. The molecule has 1 aromatic rings. The highest BCUT2D eigenvalue weighted by Crippen LogP contribution is 2.04. The third kappa shape index (κ3) is 2.70. The summed E-state index contributed by atoms with van der Waals surface area (Å²) in [5, 5.41) is 0. The Bertz CT molecular complexity index is 295. The van der Waals surface area contributed by atoms with Crippen LogP contribution in [-0.4, -0.2) is 30.2 Å². The molecule has 0 fully saturated rings. The van der Waals surface area contributed by atoms with Crippen LogP contribution >= 0.6 is 0 Å². The number of hydrogen-bond donors (Lipinski definition) is 1. The van der Waals surface area contributed by atoms with Gasteiger partial charge in [0.25, 0.3) is 0 Å². The Kier molecular flexibility index (Phi) is 3.87. The molecule has 1 aromatic heterocycles. The van der Waals surface area contributed by atoms with Crippen molar-refractivity contribution in [1.82, 2.24) is 4.90 Å². The fraction of sp³-hybridized carbons (Fsp3) is 0.333. The molecule has 0 spiro atoms. The van der Waals surface area contributed by atoms with Crippen molar-refractivity contribution in [3.63, 3.8) is 0 Å². The van der Waals surface area contributed by atoms with Gasteiger partial charge in [0.05, 0.1) is 25.9 Å². The van der Waals surface area contributed by atoms with Crippen LogP contribution in [-0.2, 0) is 16.1 Å². The molecule has 0 bridgehead atoms. The lowest BCUT2D eigenvalue weighted by atomic mass is 10.3. The standard InChI is InChI=1S/C9H12N2O3/c10-6-9(13)11(3-4-12)7-8-2-1-5-14-8/h1-2,4-5H,3,6-7,10H2. The number of nitrogens with zero attached hydrogens (tertiary/aromatic N) is 1. The van der Waals surface area contributed by atoms with Crippen LogP contribution in [0.5, 0.6) is 0 Å². The van der Waals surface area contributed by atoms with Gasteiger partial charge in [0, 0.05) is 0 Å². The molecule has 0 aliphatic carbocycles. The number of furan rings is 1. The highest BCUT2D eigenvalue weighted by molar-refractivity contribution is 5.80. The van der Waals surface area contributed by atoms with Gasteiger partial charge in [-0.05, 0) is 12.1 Å². The highest BCUT2D eigenvalue weighted by Gasteiger charge is 2.12. The second kappa shape index (κ2) is 5.18. The molecule has 1 heterocycles. The number of hydrogen-bond acceptors (Lipinski definition) is 4. The molecular formula is C9H12N2O3. The highest BCUT2D eigenvalue weighted by atomic mass is 16.3. The van der Waals surface area contributed by atoms with Gasteiger partial charge in [0.15, 0.2) is 0 Å². The molecule has 0 unspecified atom stereocenters. The van der Waals surface area contributed by atoms with Crippen LogP contribution < -0.4 is 5.73 Å². The zero-order valence-corrected chi connectivity index (χ0v) is 7.68. The van der Waals surface area contributed by atoms with E-state index in [1.54, 1.807) is 12.1 Å². The molecule has 0 atom stereocenters. The van der Waals surface area contributed by atoms with E-state index in [4.69, 9.17) is 10.2 Å². The van der Waals surface area contributed by atoms with Crippen molar-refractivity contribution in [2.75, 3.05) is 13.1 Å². The van der Waals surface area contributed by atoms with Crippen molar-refractivity contribution < 1.29 is 14.0 Å². The van der Waals surface area contributed by atoms with Gasteiger partial charge in [-0.25, -0.2) is 0 Å². The molecule has 0 aliphatic heterocycles. The molecule has 1 rings (SSSR count). The lowest BCUT2D eigenvalue weighted by Gasteiger charge is -2.17. The Balaban J connectivity index is 2.59. The Morgan fingerprint density at radius 1 is 1.64 bits per heavy atom. The summed E-state index contributed by atoms with van der Waals surface area (Å²) in [6, 6.07) is 3.46. The lowest BCUT2D eigenvalue weighted by Crippen LogP contribution is -2.36. The van der Waals surface area contributed by atoms with E-state index in [-0.39, 0.29) is 25.5 Å². The second-order valence-electron chi connectivity index (χ2n) is 2.72. The number of rotatable bonds is 5. The van der Waals surface area contributed by atoms with E-state index < -0.39 is 0 Å². The Labute approximate surface area is 81.5 Å². The van der Waals surface area contributed by atoms with Crippen molar-refractivity contribution in [3.05, 3.63) is 24.2 Å². The van der Waals surface area contributed by atoms with Crippen molar-refractivity contribution >= 4 is 12.2 Å². The number of carbonyl (C=O) groups is 2. The van der Waals surface area contributed by atoms with Crippen molar-refractivity contribution in [2.24, 2.45) is 5.73 Å². The maximum absolute atomic E-state index is 11.2. The quantitative estimate of drug-likeness (QED) is 0.660. The summed E-state index contributed by atoms with van der Waals surface area (Å²) in [6.45, 7) is 0.215. The van der Waals surface area contributed by atoms with E-state index in [0.717, 1.165) is 0 Å². The summed E-state index contributed by atoms with van der Waals surface area (Å²) in [6.07, 6.45) is 2.18. The number of aldehydes is 1. The second-order valence-corrected chi connectivity index (χ2v) is 2.72. The fourth-order valence-corrected chi connectivity index (χ4v) is 1.06. The first-order valence-electron chi connectivity index (χ1n) is 4.21. The van der Waals surface area contributed by atoms with Gasteiger partial charge >= 0.3 is 0 Å². The maximum Gasteiger partial charge on any atom is 0.237 e. The molecule has 0 aromatic carbocycles. The van der Waals surface area contributed by atoms with E-state index in [2.05, 4.69) is 0 Å². The molecular weight excluding hydrogens is 184 g/mol. The molecule has 0 saturated heterocycles. The number of carbonyl (C=O) groups excluding carboxylic acids is 2. The SMILES string of the molecule is NCC(=O)N(CC=O)Cc1ccco1. The van der Waals surface area contributed by atoms with Crippen molar-refractivity contribution in [2.45, 2.75) is 6.54 Å². The van der Waals surface area contributed by atoms with E-state index >= 15 is 0 Å². The minimum Gasteiger partial charge on any atom is -0.467 e. The largest absolute Gasteiger partial charge is 0.467 e. The van der Waals surface area contributed by atoms with Crippen molar-refractivity contribution in [1.29, 1.82) is 0 Å². The van der Waals surface area contributed by atoms with Gasteiger partial charge in [-0.3, -0.25) is 4.79 Å². The Morgan fingerprint density at radius 2 is 2.43 bits per heavy atom. The van der Waals surface area contributed by atoms with E-state index in [1.165, 1.54) is 11.2 Å². The molecule has 0 saturated carbocycles. The molecule has 76 valence electrons. The van der Waals surface area contributed by atoms with Crippen molar-refractivity contribution in [3.8, 4) is 0 Å². The third-order valence-electron chi connectivity index (χ3n) is 1.75. The van der Waals surface area contributed by atoms with Gasteiger partial charge in [-0.15, -0.1) is 0 Å². The summed E-state index contributed by atoms with van der Waals surface area (Å²) in [4.78, 5) is 22.9. The summed E-state index contributed by atoms with van der Waals surface area (Å²) in [7, 11) is 0. The first kappa shape index (κ1) is 10.5. The third-order valence-corrected chi connectivity index (χ3v) is 1.75. The van der Waals surface area contributed by atoms with Crippen LogP contribution in [0.15, 0.2) is 22.8 Å². The molecule has 14 heavy (non-hydrogen) atoms. The number of amides is 1. The topological polar surface area (TPSA) is 76.5 Å². The lowest BCUT2D eigenvalue weighted by molar-refractivity contribution is -0.132. The molecule has 0 radical (unpaired) electrons. The van der Waals surface area contributed by atoms with E-state index in [9.17, 15) is 9.59 Å². The van der Waals surface area contributed by atoms with Crippen LogP contribution in [0.3, 0.4) is 0 Å². The maximum atomic E-state index is 11.2. The van der Waals surface area contributed by atoms with Gasteiger partial charge < -0.3 is 19.8 Å². The normalized spacial score (nSPS) is 9.79. The zero-order chi connectivity index (χ0) is 10.4. The van der Waals surface area contributed by atoms with E-state index in [1.807, 2.05) is 0 Å². The Hall–Kier alpha value is -1.62. The van der Waals surface area contributed by atoms with Crippen LogP contribution in [0.25, 0.3) is 0 Å². The predicted molar refractivity (Wildman–Crippen MR) is 49.2 cm³/mol. The van der Waals surface area contributed by atoms with Gasteiger partial charge in [0.1, 0.15) is 12.0 Å². The van der Waals surface area contributed by atoms with Gasteiger partial charge in [-0.1, -0.05) is 0 Å². The van der Waals surface area contributed by atoms with Gasteiger partial charge in [-0.2, -0.15) is 0 Å². The van der Waals surface area contributed by atoms with Gasteiger partial charge in [0.2, 0.25) is 5.91 Å². The molecule has 1 amide bonds.